The highest BCUT2D eigenvalue weighted by Gasteiger charge is 2.17. The molecule has 0 fully saturated rings. The highest BCUT2D eigenvalue weighted by molar-refractivity contribution is 7.90. The lowest BCUT2D eigenvalue weighted by atomic mass is 9.98. The van der Waals surface area contributed by atoms with E-state index in [2.05, 4.69) is 10.0 Å². The van der Waals surface area contributed by atoms with E-state index in [0.717, 1.165) is 16.7 Å². The Balaban J connectivity index is 1.90. The number of benzene rings is 2. The molecule has 0 heterocycles. The molecule has 2 rings (SSSR count). The summed E-state index contributed by atoms with van der Waals surface area (Å²) < 4.78 is 36.9. The van der Waals surface area contributed by atoms with Gasteiger partial charge in [-0.25, -0.2) is 17.9 Å². The maximum Gasteiger partial charge on any atom is 0.406 e. The Bertz CT molecular complexity index is 910. The Morgan fingerprint density at radius 1 is 0.933 bits per heavy atom. The van der Waals surface area contributed by atoms with Crippen molar-refractivity contribution in [2.45, 2.75) is 31.9 Å². The van der Waals surface area contributed by atoms with E-state index in [1.807, 2.05) is 55.5 Å². The molecular formula is C22H30N2O5S. The van der Waals surface area contributed by atoms with Crippen molar-refractivity contribution in [1.82, 2.24) is 10.0 Å². The third-order valence-corrected chi connectivity index (χ3v) is 6.48. The van der Waals surface area contributed by atoms with E-state index in [4.69, 9.17) is 9.47 Å². The van der Waals surface area contributed by atoms with Gasteiger partial charge in [0.25, 0.3) is 0 Å². The molecule has 2 aromatic carbocycles. The first-order valence-electron chi connectivity index (χ1n) is 9.89. The number of nitrogens with one attached hydrogen (secondary N) is 2. The van der Waals surface area contributed by atoms with Gasteiger partial charge in [0.05, 0.1) is 5.25 Å². The van der Waals surface area contributed by atoms with Gasteiger partial charge in [-0.15, -0.1) is 0 Å². The van der Waals surface area contributed by atoms with Crippen molar-refractivity contribution in [3.8, 4) is 16.9 Å². The minimum atomic E-state index is -3.26. The van der Waals surface area contributed by atoms with Crippen LogP contribution >= 0.6 is 0 Å². The highest BCUT2D eigenvalue weighted by Crippen LogP contribution is 2.25. The third-order valence-electron chi connectivity index (χ3n) is 4.67. The number of carbonyl (C=O) groups excluding carboxylic acids is 1. The molecule has 2 N–H and O–H groups in total. The summed E-state index contributed by atoms with van der Waals surface area (Å²) in [5.41, 5.74) is 3.17. The van der Waals surface area contributed by atoms with Crippen molar-refractivity contribution in [2.24, 2.45) is 0 Å². The average Bonchev–Trinajstić information content (AvgIpc) is 2.75. The maximum absolute atomic E-state index is 11.9. The van der Waals surface area contributed by atoms with Crippen LogP contribution in [0.2, 0.25) is 0 Å². The van der Waals surface area contributed by atoms with Gasteiger partial charge in [0, 0.05) is 13.6 Å². The fourth-order valence-corrected chi connectivity index (χ4v) is 3.46. The summed E-state index contributed by atoms with van der Waals surface area (Å²) in [6.45, 7) is 6.15. The average molecular weight is 435 g/mol. The fourth-order valence-electron chi connectivity index (χ4n) is 2.64. The second-order valence-electron chi connectivity index (χ2n) is 7.22. The van der Waals surface area contributed by atoms with E-state index < -0.39 is 21.4 Å². The van der Waals surface area contributed by atoms with Gasteiger partial charge in [0.15, 0.2) is 0 Å². The lowest BCUT2D eigenvalue weighted by Gasteiger charge is -2.15. The van der Waals surface area contributed by atoms with Crippen molar-refractivity contribution < 1.29 is 22.7 Å². The number of alkyl carbamates (subject to hydrolysis) is 1. The second kappa shape index (κ2) is 11.0. The second-order valence-corrected chi connectivity index (χ2v) is 9.55. The van der Waals surface area contributed by atoms with Gasteiger partial charge in [0.2, 0.25) is 10.0 Å². The SMILES string of the molecule is CNC(=O)OCCOc1ccc(-c2ccc(C(C)CNS(=O)(=O)C(C)C)cc2)cc1. The molecule has 1 atom stereocenters. The van der Waals surface area contributed by atoms with Crippen LogP contribution in [0, 0.1) is 0 Å². The van der Waals surface area contributed by atoms with Crippen molar-refractivity contribution in [1.29, 1.82) is 0 Å². The van der Waals surface area contributed by atoms with Crippen LogP contribution in [0.1, 0.15) is 32.3 Å². The topological polar surface area (TPSA) is 93.7 Å². The van der Waals surface area contributed by atoms with Crippen LogP contribution in [0.3, 0.4) is 0 Å². The first-order valence-corrected chi connectivity index (χ1v) is 11.4. The standard InChI is InChI=1S/C22H30N2O5S/c1-16(2)30(26,27)24-15-17(3)18-5-7-19(8-6-18)20-9-11-21(12-10-20)28-13-14-29-22(25)23-4/h5-12,16-17,24H,13-15H2,1-4H3,(H,23,25). The van der Waals surface area contributed by atoms with Gasteiger partial charge in [-0.1, -0.05) is 43.3 Å². The van der Waals surface area contributed by atoms with E-state index in [0.29, 0.717) is 12.3 Å². The van der Waals surface area contributed by atoms with E-state index in [-0.39, 0.29) is 19.1 Å². The Kier molecular flexibility index (Phi) is 8.68. The normalized spacial score (nSPS) is 12.4. The summed E-state index contributed by atoms with van der Waals surface area (Å²) in [6.07, 6.45) is -0.482. The monoisotopic (exact) mass is 434 g/mol. The lowest BCUT2D eigenvalue weighted by Crippen LogP contribution is -2.33. The molecule has 0 aromatic heterocycles. The summed E-state index contributed by atoms with van der Waals surface area (Å²) in [4.78, 5) is 11.0. The highest BCUT2D eigenvalue weighted by atomic mass is 32.2. The molecule has 1 unspecified atom stereocenters. The Hall–Kier alpha value is -2.58. The number of hydrogen-bond donors (Lipinski definition) is 2. The molecule has 8 heteroatoms. The summed E-state index contributed by atoms with van der Waals surface area (Å²) in [7, 11) is -1.76. The molecule has 0 radical (unpaired) electrons. The van der Waals surface area contributed by atoms with Crippen molar-refractivity contribution in [3.63, 3.8) is 0 Å². The van der Waals surface area contributed by atoms with Crippen molar-refractivity contribution >= 4 is 16.1 Å². The zero-order valence-corrected chi connectivity index (χ0v) is 18.7. The van der Waals surface area contributed by atoms with Crippen LogP contribution in [-0.4, -0.2) is 46.6 Å². The molecule has 164 valence electrons. The van der Waals surface area contributed by atoms with Gasteiger partial charge in [-0.05, 0) is 48.6 Å². The van der Waals surface area contributed by atoms with Crippen LogP contribution in [0.25, 0.3) is 11.1 Å². The predicted octanol–water partition coefficient (Wildman–Crippen LogP) is 3.52. The molecule has 0 aliphatic rings. The molecule has 1 amide bonds. The molecule has 0 bridgehead atoms. The molecule has 0 spiro atoms. The third kappa shape index (κ3) is 7.03. The van der Waals surface area contributed by atoms with Gasteiger partial charge < -0.3 is 14.8 Å². The number of carbonyl (C=O) groups is 1. The van der Waals surface area contributed by atoms with Crippen LogP contribution in [-0.2, 0) is 14.8 Å². The lowest BCUT2D eigenvalue weighted by molar-refractivity contribution is 0.127. The Morgan fingerprint density at radius 2 is 1.50 bits per heavy atom. The zero-order valence-electron chi connectivity index (χ0n) is 17.8. The fraction of sp³-hybridized carbons (Fsp3) is 0.409. The molecular weight excluding hydrogens is 404 g/mol. The van der Waals surface area contributed by atoms with Gasteiger partial charge >= 0.3 is 6.09 Å². The van der Waals surface area contributed by atoms with Crippen LogP contribution in [0.15, 0.2) is 48.5 Å². The number of rotatable bonds is 10. The summed E-state index contributed by atoms with van der Waals surface area (Å²) in [5.74, 6) is 0.766. The first kappa shape index (κ1) is 23.7. The van der Waals surface area contributed by atoms with Crippen LogP contribution < -0.4 is 14.8 Å². The maximum atomic E-state index is 11.9. The molecule has 2 aromatic rings. The Labute approximate surface area is 178 Å². The summed E-state index contributed by atoms with van der Waals surface area (Å²) in [6, 6.07) is 15.7. The van der Waals surface area contributed by atoms with Crippen molar-refractivity contribution in [3.05, 3.63) is 54.1 Å². The van der Waals surface area contributed by atoms with Gasteiger partial charge in [0.1, 0.15) is 19.0 Å². The van der Waals surface area contributed by atoms with Crippen LogP contribution in [0.4, 0.5) is 4.79 Å². The quantitative estimate of drug-likeness (QED) is 0.558. The molecule has 30 heavy (non-hydrogen) atoms. The predicted molar refractivity (Wildman–Crippen MR) is 118 cm³/mol. The van der Waals surface area contributed by atoms with E-state index in [1.165, 1.54) is 7.05 Å². The van der Waals surface area contributed by atoms with Gasteiger partial charge in [-0.2, -0.15) is 0 Å². The van der Waals surface area contributed by atoms with Crippen molar-refractivity contribution in [2.75, 3.05) is 26.8 Å². The zero-order chi connectivity index (χ0) is 22.1. The van der Waals surface area contributed by atoms with Gasteiger partial charge in [-0.3, -0.25) is 0 Å². The number of sulfonamides is 1. The van der Waals surface area contributed by atoms with E-state index in [1.54, 1.807) is 13.8 Å². The Morgan fingerprint density at radius 3 is 2.03 bits per heavy atom. The molecule has 0 aliphatic heterocycles. The first-order chi connectivity index (χ1) is 14.2. The molecule has 0 saturated carbocycles. The van der Waals surface area contributed by atoms with Crippen LogP contribution in [0.5, 0.6) is 5.75 Å². The molecule has 7 nitrogen and oxygen atoms in total. The summed E-state index contributed by atoms with van der Waals surface area (Å²) >= 11 is 0. The number of ether oxygens (including phenoxy) is 2. The smallest absolute Gasteiger partial charge is 0.406 e. The number of amides is 1. The number of hydrogen-bond acceptors (Lipinski definition) is 5. The molecule has 0 saturated heterocycles. The minimum Gasteiger partial charge on any atom is -0.490 e. The minimum absolute atomic E-state index is 0.0698. The summed E-state index contributed by atoms with van der Waals surface area (Å²) in [5, 5.41) is 1.93. The van der Waals surface area contributed by atoms with E-state index in [9.17, 15) is 13.2 Å². The molecule has 0 aliphatic carbocycles. The van der Waals surface area contributed by atoms with E-state index >= 15 is 0 Å². The largest absolute Gasteiger partial charge is 0.490 e.